The standard InChI is InChI=1S/C22H16Cl2N2O3S/c1-28-14-7-12(8-15(11-14)29-2)21(27)26-20-16(9-13(23)10-17(20)24)22-25-18-5-3-4-6-19(18)30-22/h3-11H,1-2H3,(H,26,27). The van der Waals surface area contributed by atoms with Gasteiger partial charge in [-0.05, 0) is 36.4 Å². The van der Waals surface area contributed by atoms with E-state index < -0.39 is 0 Å². The number of amides is 1. The average Bonchev–Trinajstić information content (AvgIpc) is 3.19. The molecular weight excluding hydrogens is 443 g/mol. The molecule has 0 radical (unpaired) electrons. The van der Waals surface area contributed by atoms with Crippen LogP contribution in [0.1, 0.15) is 10.4 Å². The summed E-state index contributed by atoms with van der Waals surface area (Å²) in [6.45, 7) is 0. The van der Waals surface area contributed by atoms with Crippen LogP contribution in [0.2, 0.25) is 10.0 Å². The Morgan fingerprint density at radius 1 is 1.00 bits per heavy atom. The van der Waals surface area contributed by atoms with Crippen LogP contribution < -0.4 is 14.8 Å². The molecule has 1 heterocycles. The van der Waals surface area contributed by atoms with E-state index in [0.29, 0.717) is 43.4 Å². The monoisotopic (exact) mass is 458 g/mol. The lowest BCUT2D eigenvalue weighted by atomic mass is 10.1. The molecule has 0 atom stereocenters. The highest BCUT2D eigenvalue weighted by atomic mass is 35.5. The van der Waals surface area contributed by atoms with Crippen LogP contribution in [0.15, 0.2) is 54.6 Å². The number of anilines is 1. The van der Waals surface area contributed by atoms with Crippen molar-refractivity contribution in [2.75, 3.05) is 19.5 Å². The second-order valence-corrected chi connectivity index (χ2v) is 8.23. The maximum atomic E-state index is 13.0. The van der Waals surface area contributed by atoms with Crippen LogP contribution in [-0.4, -0.2) is 25.1 Å². The van der Waals surface area contributed by atoms with Crippen molar-refractivity contribution in [1.82, 2.24) is 4.98 Å². The van der Waals surface area contributed by atoms with Gasteiger partial charge in [0.1, 0.15) is 16.5 Å². The first kappa shape index (κ1) is 20.5. The van der Waals surface area contributed by atoms with E-state index in [1.165, 1.54) is 25.6 Å². The van der Waals surface area contributed by atoms with Gasteiger partial charge in [0, 0.05) is 22.2 Å². The quantitative estimate of drug-likeness (QED) is 0.368. The topological polar surface area (TPSA) is 60.5 Å². The van der Waals surface area contributed by atoms with Crippen LogP contribution in [0.4, 0.5) is 5.69 Å². The summed E-state index contributed by atoms with van der Waals surface area (Å²) in [7, 11) is 3.05. The van der Waals surface area contributed by atoms with E-state index in [4.69, 9.17) is 32.7 Å². The largest absolute Gasteiger partial charge is 0.497 e. The Labute approximate surface area is 187 Å². The number of thiazole rings is 1. The number of benzene rings is 3. The molecule has 0 unspecified atom stereocenters. The molecular formula is C22H16Cl2N2O3S. The predicted octanol–water partition coefficient (Wildman–Crippen LogP) is 6.54. The lowest BCUT2D eigenvalue weighted by Crippen LogP contribution is -2.13. The molecule has 0 saturated heterocycles. The van der Waals surface area contributed by atoms with Crippen molar-refractivity contribution in [2.24, 2.45) is 0 Å². The number of para-hydroxylation sites is 1. The first-order valence-electron chi connectivity index (χ1n) is 8.88. The van der Waals surface area contributed by atoms with Crippen molar-refractivity contribution in [3.05, 3.63) is 70.2 Å². The van der Waals surface area contributed by atoms with Crippen molar-refractivity contribution in [3.63, 3.8) is 0 Å². The van der Waals surface area contributed by atoms with Crippen molar-refractivity contribution in [1.29, 1.82) is 0 Å². The molecule has 0 fully saturated rings. The fourth-order valence-corrected chi connectivity index (χ4v) is 4.51. The molecule has 0 bridgehead atoms. The highest BCUT2D eigenvalue weighted by molar-refractivity contribution is 7.21. The van der Waals surface area contributed by atoms with E-state index in [1.807, 2.05) is 24.3 Å². The van der Waals surface area contributed by atoms with Gasteiger partial charge in [-0.1, -0.05) is 35.3 Å². The number of nitrogens with zero attached hydrogens (tertiary/aromatic N) is 1. The summed E-state index contributed by atoms with van der Waals surface area (Å²) >= 11 is 14.2. The number of hydrogen-bond acceptors (Lipinski definition) is 5. The minimum atomic E-state index is -0.362. The SMILES string of the molecule is COc1cc(OC)cc(C(=O)Nc2c(Cl)cc(Cl)cc2-c2nc3ccccc3s2)c1. The smallest absolute Gasteiger partial charge is 0.255 e. The van der Waals surface area contributed by atoms with Gasteiger partial charge in [-0.15, -0.1) is 11.3 Å². The molecule has 0 saturated carbocycles. The van der Waals surface area contributed by atoms with Crippen molar-refractivity contribution in [3.8, 4) is 22.1 Å². The zero-order chi connectivity index (χ0) is 21.3. The predicted molar refractivity (Wildman–Crippen MR) is 123 cm³/mol. The third-order valence-corrected chi connectivity index (χ3v) is 6.02. The second-order valence-electron chi connectivity index (χ2n) is 6.35. The molecule has 152 valence electrons. The van der Waals surface area contributed by atoms with E-state index in [9.17, 15) is 4.79 Å². The first-order chi connectivity index (χ1) is 14.5. The zero-order valence-electron chi connectivity index (χ0n) is 16.0. The number of aromatic nitrogens is 1. The van der Waals surface area contributed by atoms with E-state index in [2.05, 4.69) is 10.3 Å². The molecule has 4 aromatic rings. The molecule has 0 spiro atoms. The van der Waals surface area contributed by atoms with Crippen LogP contribution in [0, 0.1) is 0 Å². The Morgan fingerprint density at radius 2 is 1.70 bits per heavy atom. The fraction of sp³-hybridized carbons (Fsp3) is 0.0909. The van der Waals surface area contributed by atoms with Crippen molar-refractivity contribution >= 4 is 56.3 Å². The molecule has 5 nitrogen and oxygen atoms in total. The van der Waals surface area contributed by atoms with E-state index in [-0.39, 0.29) is 5.91 Å². The number of rotatable bonds is 5. The van der Waals surface area contributed by atoms with Crippen LogP contribution in [0.5, 0.6) is 11.5 Å². The van der Waals surface area contributed by atoms with Crippen LogP contribution >= 0.6 is 34.5 Å². The minimum absolute atomic E-state index is 0.319. The minimum Gasteiger partial charge on any atom is -0.497 e. The van der Waals surface area contributed by atoms with Gasteiger partial charge in [0.25, 0.3) is 5.91 Å². The Balaban J connectivity index is 1.77. The normalized spacial score (nSPS) is 10.8. The summed E-state index contributed by atoms with van der Waals surface area (Å²) in [6, 6.07) is 16.1. The molecule has 8 heteroatoms. The van der Waals surface area contributed by atoms with Crippen molar-refractivity contribution in [2.45, 2.75) is 0 Å². The van der Waals surface area contributed by atoms with Crippen LogP contribution in [0.25, 0.3) is 20.8 Å². The number of ether oxygens (including phenoxy) is 2. The number of hydrogen-bond donors (Lipinski definition) is 1. The van der Waals surface area contributed by atoms with Gasteiger partial charge in [0.2, 0.25) is 0 Å². The van der Waals surface area contributed by atoms with Gasteiger partial charge >= 0.3 is 0 Å². The summed E-state index contributed by atoms with van der Waals surface area (Å²) in [5, 5.41) is 4.37. The highest BCUT2D eigenvalue weighted by Gasteiger charge is 2.19. The highest BCUT2D eigenvalue weighted by Crippen LogP contribution is 2.40. The van der Waals surface area contributed by atoms with Gasteiger partial charge < -0.3 is 14.8 Å². The van der Waals surface area contributed by atoms with Crippen LogP contribution in [0.3, 0.4) is 0 Å². The van der Waals surface area contributed by atoms with Gasteiger partial charge in [-0.2, -0.15) is 0 Å². The average molecular weight is 459 g/mol. The number of nitrogens with one attached hydrogen (secondary N) is 1. The molecule has 1 amide bonds. The molecule has 30 heavy (non-hydrogen) atoms. The Kier molecular flexibility index (Phi) is 5.81. The van der Waals surface area contributed by atoms with Crippen LogP contribution in [-0.2, 0) is 0 Å². The third-order valence-electron chi connectivity index (χ3n) is 4.43. The van der Waals surface area contributed by atoms with Crippen molar-refractivity contribution < 1.29 is 14.3 Å². The molecule has 0 aliphatic rings. The van der Waals surface area contributed by atoms with Gasteiger partial charge in [-0.25, -0.2) is 4.98 Å². The lowest BCUT2D eigenvalue weighted by molar-refractivity contribution is 0.102. The van der Waals surface area contributed by atoms with Gasteiger partial charge in [0.05, 0.1) is 35.1 Å². The molecule has 3 aromatic carbocycles. The lowest BCUT2D eigenvalue weighted by Gasteiger charge is -2.13. The van der Waals surface area contributed by atoms with E-state index in [1.54, 1.807) is 30.3 Å². The third kappa shape index (κ3) is 4.07. The number of carbonyl (C=O) groups excluding carboxylic acids is 1. The maximum absolute atomic E-state index is 13.0. The first-order valence-corrected chi connectivity index (χ1v) is 10.4. The number of methoxy groups -OCH3 is 2. The summed E-state index contributed by atoms with van der Waals surface area (Å²) in [5.74, 6) is 0.653. The molecule has 1 N–H and O–H groups in total. The fourth-order valence-electron chi connectivity index (χ4n) is 2.98. The van der Waals surface area contributed by atoms with E-state index >= 15 is 0 Å². The number of halogens is 2. The second kappa shape index (κ2) is 8.52. The summed E-state index contributed by atoms with van der Waals surface area (Å²) < 4.78 is 11.5. The summed E-state index contributed by atoms with van der Waals surface area (Å²) in [6.07, 6.45) is 0. The summed E-state index contributed by atoms with van der Waals surface area (Å²) in [5.41, 5.74) is 2.32. The molecule has 0 aliphatic heterocycles. The Morgan fingerprint density at radius 3 is 2.37 bits per heavy atom. The summed E-state index contributed by atoms with van der Waals surface area (Å²) in [4.78, 5) is 17.7. The molecule has 4 rings (SSSR count). The zero-order valence-corrected chi connectivity index (χ0v) is 18.4. The molecule has 0 aliphatic carbocycles. The Bertz CT molecular complexity index is 1200. The number of fused-ring (bicyclic) bond motifs is 1. The number of carbonyl (C=O) groups is 1. The maximum Gasteiger partial charge on any atom is 0.255 e. The van der Waals surface area contributed by atoms with E-state index in [0.717, 1.165) is 10.2 Å². The van der Waals surface area contributed by atoms with Gasteiger partial charge in [-0.3, -0.25) is 4.79 Å². The van der Waals surface area contributed by atoms with Gasteiger partial charge in [0.15, 0.2) is 0 Å². The molecule has 1 aromatic heterocycles. The Hall–Kier alpha value is -2.80.